The molecule has 492 valence electrons. The van der Waals surface area contributed by atoms with Crippen LogP contribution in [0.2, 0.25) is 10.0 Å². The molecule has 0 unspecified atom stereocenters. The van der Waals surface area contributed by atoms with Gasteiger partial charge in [0.15, 0.2) is 35.3 Å². The van der Waals surface area contributed by atoms with Crippen LogP contribution in [0.15, 0.2) is 87.9 Å². The molecule has 3 aromatic carbocycles. The number of pyridine rings is 3. The Morgan fingerprint density at radius 2 is 0.978 bits per heavy atom. The zero-order valence-electron chi connectivity index (χ0n) is 53.2. The number of aryl methyl sites for hydroxylation is 2. The van der Waals surface area contributed by atoms with Gasteiger partial charge in [-0.05, 0) is 126 Å². The number of halogens is 9. The molecule has 5 heterocycles. The average molecular weight is 1550 g/mol. The van der Waals surface area contributed by atoms with E-state index >= 15 is 0 Å². The fourth-order valence-electron chi connectivity index (χ4n) is 6.91. The van der Waals surface area contributed by atoms with Gasteiger partial charge in [0.1, 0.15) is 51.0 Å². The van der Waals surface area contributed by atoms with Gasteiger partial charge in [-0.25, -0.2) is 51.6 Å². The molecule has 0 amide bonds. The van der Waals surface area contributed by atoms with Gasteiger partial charge in [0.05, 0.1) is 51.0 Å². The van der Waals surface area contributed by atoms with Crippen molar-refractivity contribution in [1.29, 1.82) is 0 Å². The minimum absolute atomic E-state index is 0. The number of aromatic nitrogens is 7. The molecule has 0 aliphatic heterocycles. The van der Waals surface area contributed by atoms with Crippen molar-refractivity contribution in [3.63, 3.8) is 0 Å². The molecular weight excluding hydrogens is 1480 g/mol. The van der Waals surface area contributed by atoms with E-state index in [1.807, 2.05) is 27.7 Å². The first-order valence-electron chi connectivity index (χ1n) is 26.0. The third-order valence-corrected chi connectivity index (χ3v) is 21.2. The first-order chi connectivity index (χ1) is 41.0. The largest absolute Gasteiger partial charge is 1.00 e. The number of nitrogens with zero attached hydrogens (tertiary/aromatic N) is 5. The average Bonchev–Trinajstić information content (AvgIpc) is 0.931. The Bertz CT molecular complexity index is 4080. The van der Waals surface area contributed by atoms with E-state index in [9.17, 15) is 56.7 Å². The van der Waals surface area contributed by atoms with Crippen LogP contribution in [0.4, 0.5) is 43.7 Å². The van der Waals surface area contributed by atoms with E-state index in [0.29, 0.717) is 60.1 Å². The second-order valence-corrected chi connectivity index (χ2v) is 31.4. The molecule has 8 aromatic rings. The van der Waals surface area contributed by atoms with Gasteiger partial charge in [0.25, 0.3) is 19.3 Å². The molecular formula is C56H68Cl2F6IK2N9O12S3. The third-order valence-electron chi connectivity index (χ3n) is 12.3. The summed E-state index contributed by atoms with van der Waals surface area (Å²) in [5.74, 6) is 0.592. The number of hydrogen-bond donors (Lipinski definition) is 5. The van der Waals surface area contributed by atoms with Crippen molar-refractivity contribution in [1.82, 2.24) is 35.3 Å². The number of aromatic amines is 2. The number of hydrogen-bond acceptors (Lipinski definition) is 19. The number of benzene rings is 3. The summed E-state index contributed by atoms with van der Waals surface area (Å²) in [7, 11) is -11.4. The van der Waals surface area contributed by atoms with Crippen molar-refractivity contribution in [3.8, 4) is 17.2 Å². The summed E-state index contributed by atoms with van der Waals surface area (Å²) in [6, 6.07) is 12.9. The number of nitrogen functional groups attached to an aromatic ring is 1. The Morgan fingerprint density at radius 3 is 1.31 bits per heavy atom. The van der Waals surface area contributed by atoms with Crippen molar-refractivity contribution < 1.29 is 185 Å². The number of fused-ring (bicyclic) bond motifs is 3. The summed E-state index contributed by atoms with van der Waals surface area (Å²) in [5.41, 5.74) is 11.1. The maximum absolute atomic E-state index is 13.2. The van der Waals surface area contributed by atoms with Crippen LogP contribution in [0.5, 0.6) is 17.2 Å². The van der Waals surface area contributed by atoms with Crippen molar-refractivity contribution in [2.24, 2.45) is 0 Å². The molecule has 0 aliphatic carbocycles. The second kappa shape index (κ2) is 36.8. The van der Waals surface area contributed by atoms with E-state index in [0.717, 1.165) is 22.5 Å². The Hall–Kier alpha value is -3.25. The van der Waals surface area contributed by atoms with E-state index in [4.69, 9.17) is 48.5 Å². The predicted octanol–water partition coefficient (Wildman–Crippen LogP) is 6.66. The van der Waals surface area contributed by atoms with Crippen LogP contribution in [0.1, 0.15) is 86.3 Å². The van der Waals surface area contributed by atoms with Crippen molar-refractivity contribution in [2.75, 3.05) is 28.7 Å². The summed E-state index contributed by atoms with van der Waals surface area (Å²) in [6.45, 7) is 19.6. The number of alkyl halides is 7. The van der Waals surface area contributed by atoms with Gasteiger partial charge in [0, 0.05) is 75.5 Å². The standard InChI is InChI=1S/C20H24F2N4O3S.C15H16ClF2NO3S.C13H14ClNO3S.C5H9N3.C2H3F2I.CH2O3.2K.H/c1-11-12(2)25-26-19(11)24-14-6-7-23-15-9-16(29-10-18(21)22)17(8-13(14)15)30(27,28)20(3,4)5;1-15(2,3)23(20,21)13-6-9-10(16)4-5-19-11(9)7-12(13)22-8-14(17)18;1-13(2,3)19(17,18)12-6-8-9(14)4-5-15-10(8)7-11(12)16;1-3-4(2)7-8-5(3)6;3-2(4)1-5;2-1-4-3;;;/h6-9,18H,10H2,1-5H3,(H2,23,24,25,26);4-7,14H,8H2,1-3H3;4-7,16H,1-3H3;1-2H3,(H3,6,7,8);2H,1H2;1,3H;;;/q;;;;;;2*+1;-1/p-1. The molecule has 5 aromatic heterocycles. The molecule has 6 N–H and O–H groups in total. The van der Waals surface area contributed by atoms with Crippen molar-refractivity contribution in [2.45, 2.75) is 138 Å². The first kappa shape index (κ1) is 85.8. The van der Waals surface area contributed by atoms with E-state index in [1.54, 1.807) is 76.3 Å². The Morgan fingerprint density at radius 1 is 0.626 bits per heavy atom. The third kappa shape index (κ3) is 23.5. The normalized spacial score (nSPS) is 11.7. The molecule has 0 radical (unpaired) electrons. The van der Waals surface area contributed by atoms with Crippen LogP contribution in [-0.4, -0.2) is 123 Å². The number of anilines is 3. The fraction of sp³-hybridized carbons (Fsp3) is 0.393. The Labute approximate surface area is 634 Å². The quantitative estimate of drug-likeness (QED) is 0.0153. The number of phenolic OH excluding ortho intramolecular Hbond substituents is 1. The molecule has 0 atom stereocenters. The van der Waals surface area contributed by atoms with Crippen molar-refractivity contribution >= 4 is 132 Å². The summed E-state index contributed by atoms with van der Waals surface area (Å²) in [5, 5.41) is 37.3. The van der Waals surface area contributed by atoms with Crippen molar-refractivity contribution in [3.05, 3.63) is 106 Å². The number of aromatic hydroxyl groups is 1. The van der Waals surface area contributed by atoms with E-state index in [1.165, 1.54) is 81.8 Å². The van der Waals surface area contributed by atoms with E-state index in [2.05, 4.69) is 45.6 Å². The van der Waals surface area contributed by atoms with Crippen LogP contribution in [0.25, 0.3) is 32.7 Å². The SMILES string of the molecule is CC(C)(C)S(=O)(=O)c1cc2c(Cl)ccnc2cc1O.CC(C)(C)S(=O)(=O)c1cc2c(Cl)ccnc2cc1OCC(F)F.Cc1[nH]nc(N)c1C.Cc1[nH]nc(Nc2ccnc3cc(OCC(F)F)c(S(=O)(=O)C(C)(C)C)cc23)c1C.FC(F)CI.O=CO[O-].[H-].[K+].[K+]. The predicted molar refractivity (Wildman–Crippen MR) is 338 cm³/mol. The number of ether oxygens (including phenoxy) is 2. The van der Waals surface area contributed by atoms with E-state index < -0.39 is 76.2 Å². The summed E-state index contributed by atoms with van der Waals surface area (Å²) >= 11 is 13.7. The number of carbonyl (C=O) groups is 1. The minimum Gasteiger partial charge on any atom is -1.00 e. The minimum atomic E-state index is -3.89. The van der Waals surface area contributed by atoms with Crippen LogP contribution in [0, 0.1) is 27.7 Å². The number of phenols is 1. The molecule has 0 bridgehead atoms. The van der Waals surface area contributed by atoms with Gasteiger partial charge in [-0.15, -0.1) is 0 Å². The molecule has 0 aliphatic rings. The van der Waals surface area contributed by atoms with Gasteiger partial charge < -0.3 is 37.2 Å². The van der Waals surface area contributed by atoms with Gasteiger partial charge in [-0.2, -0.15) is 10.2 Å². The van der Waals surface area contributed by atoms with Gasteiger partial charge in [0.2, 0.25) is 6.43 Å². The molecule has 0 spiro atoms. The molecule has 0 saturated heterocycles. The number of sulfone groups is 3. The van der Waals surface area contributed by atoms with Crippen LogP contribution < -0.4 is 129 Å². The maximum Gasteiger partial charge on any atom is 1.00 e. The van der Waals surface area contributed by atoms with E-state index in [-0.39, 0.29) is 147 Å². The molecule has 0 saturated carbocycles. The fourth-order valence-corrected chi connectivity index (χ4v) is 11.2. The molecule has 21 nitrogen and oxygen atoms in total. The zero-order valence-corrected chi connectivity index (χ0v) is 64.6. The Kier molecular flexibility index (Phi) is 34.6. The number of H-pyrrole nitrogens is 2. The van der Waals surface area contributed by atoms with Gasteiger partial charge >= 0.3 is 103 Å². The van der Waals surface area contributed by atoms with Gasteiger partial charge in [-0.1, -0.05) is 45.8 Å². The van der Waals surface area contributed by atoms with Crippen LogP contribution >= 0.6 is 45.8 Å². The summed E-state index contributed by atoms with van der Waals surface area (Å²) in [4.78, 5) is 23.2. The summed E-state index contributed by atoms with van der Waals surface area (Å²) < 4.78 is 155. The summed E-state index contributed by atoms with van der Waals surface area (Å²) in [6.07, 6.45) is -3.10. The number of rotatable bonds is 13. The molecule has 35 heteroatoms. The van der Waals surface area contributed by atoms with Gasteiger partial charge in [-0.3, -0.25) is 29.9 Å². The molecule has 8 rings (SSSR count). The number of carbonyl (C=O) groups excluding carboxylic acids is 1. The molecule has 0 fully saturated rings. The monoisotopic (exact) mass is 1540 g/mol. The number of nitrogens with one attached hydrogen (secondary N) is 3. The maximum atomic E-state index is 13.2. The smallest absolute Gasteiger partial charge is 1.00 e. The van der Waals surface area contributed by atoms with Crippen LogP contribution in [0.3, 0.4) is 0 Å². The molecule has 91 heavy (non-hydrogen) atoms. The number of nitrogens with two attached hydrogens (primary N) is 1. The first-order valence-corrected chi connectivity index (χ1v) is 32.7. The zero-order chi connectivity index (χ0) is 67.9. The Balaban J connectivity index is 0.00000120. The van der Waals surface area contributed by atoms with Crippen LogP contribution in [-0.2, 0) is 39.2 Å². The topological polar surface area (TPSA) is 325 Å². The second-order valence-electron chi connectivity index (χ2n) is 21.7.